The van der Waals surface area contributed by atoms with Crippen molar-refractivity contribution in [1.29, 1.82) is 0 Å². The van der Waals surface area contributed by atoms with E-state index in [2.05, 4.69) is 15.9 Å². The minimum Gasteiger partial charge on any atom is -0.484 e. The molecule has 0 aliphatic rings. The molecule has 0 atom stereocenters. The van der Waals surface area contributed by atoms with E-state index < -0.39 is 0 Å². The van der Waals surface area contributed by atoms with Crippen LogP contribution in [0.5, 0.6) is 5.75 Å². The molecule has 2 aromatic rings. The summed E-state index contributed by atoms with van der Waals surface area (Å²) in [5.74, 6) is 0.373. The van der Waals surface area contributed by atoms with Gasteiger partial charge in [0.2, 0.25) is 5.91 Å². The van der Waals surface area contributed by atoms with Gasteiger partial charge in [-0.2, -0.15) is 0 Å². The predicted molar refractivity (Wildman–Crippen MR) is 102 cm³/mol. The second kappa shape index (κ2) is 8.50. The fourth-order valence-electron chi connectivity index (χ4n) is 2.27. The van der Waals surface area contributed by atoms with Crippen molar-refractivity contribution >= 4 is 39.2 Å². The molecule has 6 heteroatoms. The molecule has 25 heavy (non-hydrogen) atoms. The SMILES string of the molecule is CC(=O)N(C)Cc1ccc(C(=O)COc2c(C)cc(Br)cc2Cl)cc1. The van der Waals surface area contributed by atoms with Crippen LogP contribution in [0.1, 0.15) is 28.4 Å². The summed E-state index contributed by atoms with van der Waals surface area (Å²) in [7, 11) is 1.74. The van der Waals surface area contributed by atoms with Crippen LogP contribution in [0.2, 0.25) is 5.02 Å². The number of amides is 1. The quantitative estimate of drug-likeness (QED) is 0.634. The molecule has 0 fully saturated rings. The number of carbonyl (C=O) groups excluding carboxylic acids is 2. The second-order valence-corrected chi connectivity index (χ2v) is 7.14. The number of ketones is 1. The van der Waals surface area contributed by atoms with Crippen LogP contribution in [0.3, 0.4) is 0 Å². The molecule has 0 aliphatic heterocycles. The summed E-state index contributed by atoms with van der Waals surface area (Å²) in [5.41, 5.74) is 2.37. The molecule has 132 valence electrons. The number of halogens is 2. The summed E-state index contributed by atoms with van der Waals surface area (Å²) in [6.07, 6.45) is 0. The average Bonchev–Trinajstić information content (AvgIpc) is 2.54. The summed E-state index contributed by atoms with van der Waals surface area (Å²) in [5, 5.41) is 0.460. The van der Waals surface area contributed by atoms with Crippen molar-refractivity contribution in [2.75, 3.05) is 13.7 Å². The van der Waals surface area contributed by atoms with E-state index >= 15 is 0 Å². The van der Waals surface area contributed by atoms with Crippen LogP contribution in [-0.2, 0) is 11.3 Å². The second-order valence-electron chi connectivity index (χ2n) is 5.82. The lowest BCUT2D eigenvalue weighted by molar-refractivity contribution is -0.128. The van der Waals surface area contributed by atoms with Crippen LogP contribution in [0.15, 0.2) is 40.9 Å². The molecule has 0 spiro atoms. The fraction of sp³-hybridized carbons (Fsp3) is 0.263. The van der Waals surface area contributed by atoms with Gasteiger partial charge in [-0.05, 0) is 30.2 Å². The summed E-state index contributed by atoms with van der Waals surface area (Å²) >= 11 is 9.53. The first-order valence-corrected chi connectivity index (χ1v) is 8.87. The van der Waals surface area contributed by atoms with Crippen molar-refractivity contribution in [2.45, 2.75) is 20.4 Å². The van der Waals surface area contributed by atoms with Crippen LogP contribution in [0.4, 0.5) is 0 Å². The van der Waals surface area contributed by atoms with Gasteiger partial charge in [0.25, 0.3) is 0 Å². The molecule has 2 aromatic carbocycles. The average molecular weight is 425 g/mol. The lowest BCUT2D eigenvalue weighted by Gasteiger charge is -2.15. The zero-order valence-corrected chi connectivity index (χ0v) is 16.6. The van der Waals surface area contributed by atoms with Crippen molar-refractivity contribution in [3.05, 3.63) is 62.6 Å². The Hall–Kier alpha value is -1.85. The van der Waals surface area contributed by atoms with Crippen molar-refractivity contribution in [3.8, 4) is 5.75 Å². The summed E-state index contributed by atoms with van der Waals surface area (Å²) in [6.45, 7) is 3.81. The molecule has 0 radical (unpaired) electrons. The number of hydrogen-bond acceptors (Lipinski definition) is 3. The van der Waals surface area contributed by atoms with Crippen molar-refractivity contribution in [2.24, 2.45) is 0 Å². The van der Waals surface area contributed by atoms with E-state index in [-0.39, 0.29) is 18.3 Å². The molecule has 0 saturated carbocycles. The molecular formula is C19H19BrClNO3. The Kier molecular flexibility index (Phi) is 6.62. The molecule has 0 bridgehead atoms. The van der Waals surface area contributed by atoms with E-state index in [0.717, 1.165) is 15.6 Å². The Bertz CT molecular complexity index is 767. The van der Waals surface area contributed by atoms with Gasteiger partial charge in [0.1, 0.15) is 5.75 Å². The zero-order chi connectivity index (χ0) is 18.6. The molecular weight excluding hydrogens is 406 g/mol. The third-order valence-corrected chi connectivity index (χ3v) is 4.51. The lowest BCUT2D eigenvalue weighted by Crippen LogP contribution is -2.23. The minimum absolute atomic E-state index is 0.00435. The van der Waals surface area contributed by atoms with E-state index in [0.29, 0.717) is 22.9 Å². The highest BCUT2D eigenvalue weighted by Crippen LogP contribution is 2.32. The number of benzene rings is 2. The number of aryl methyl sites for hydroxylation is 1. The van der Waals surface area contributed by atoms with Gasteiger partial charge in [-0.15, -0.1) is 0 Å². The topological polar surface area (TPSA) is 46.6 Å². The molecule has 0 heterocycles. The third kappa shape index (κ3) is 5.31. The van der Waals surface area contributed by atoms with E-state index in [9.17, 15) is 9.59 Å². The Morgan fingerprint density at radius 3 is 2.40 bits per heavy atom. The van der Waals surface area contributed by atoms with Crippen LogP contribution in [-0.4, -0.2) is 30.2 Å². The van der Waals surface area contributed by atoms with Crippen molar-refractivity contribution in [1.82, 2.24) is 4.90 Å². The largest absolute Gasteiger partial charge is 0.484 e. The van der Waals surface area contributed by atoms with Crippen molar-refractivity contribution in [3.63, 3.8) is 0 Å². The standard InChI is InChI=1S/C19H19BrClNO3/c1-12-8-16(20)9-17(21)19(12)25-11-18(24)15-6-4-14(5-7-15)10-22(3)13(2)23/h4-9H,10-11H2,1-3H3. The number of carbonyl (C=O) groups is 2. The van der Waals surface area contributed by atoms with Crippen molar-refractivity contribution < 1.29 is 14.3 Å². The lowest BCUT2D eigenvalue weighted by atomic mass is 10.1. The Labute approximate surface area is 160 Å². The highest BCUT2D eigenvalue weighted by molar-refractivity contribution is 9.10. The molecule has 0 aromatic heterocycles. The highest BCUT2D eigenvalue weighted by atomic mass is 79.9. The molecule has 0 saturated heterocycles. The van der Waals surface area contributed by atoms with Gasteiger partial charge in [0, 0.05) is 30.6 Å². The number of Topliss-reactive ketones (excluding diaryl/α,β-unsaturated/α-hetero) is 1. The summed E-state index contributed by atoms with van der Waals surface area (Å²) < 4.78 is 6.47. The smallest absolute Gasteiger partial charge is 0.219 e. The van der Waals surface area contributed by atoms with Crippen LogP contribution < -0.4 is 4.74 Å². The van der Waals surface area contributed by atoms with E-state index in [1.165, 1.54) is 6.92 Å². The number of rotatable bonds is 6. The van der Waals surface area contributed by atoms with Gasteiger partial charge in [-0.25, -0.2) is 0 Å². The van der Waals surface area contributed by atoms with Gasteiger partial charge in [-0.3, -0.25) is 9.59 Å². The molecule has 4 nitrogen and oxygen atoms in total. The Balaban J connectivity index is 2.01. The molecule has 1 amide bonds. The maximum absolute atomic E-state index is 12.3. The normalized spacial score (nSPS) is 10.4. The molecule has 0 aliphatic carbocycles. The monoisotopic (exact) mass is 423 g/mol. The molecule has 0 unspecified atom stereocenters. The van der Waals surface area contributed by atoms with Crippen LogP contribution in [0.25, 0.3) is 0 Å². The van der Waals surface area contributed by atoms with E-state index in [1.54, 1.807) is 30.1 Å². The zero-order valence-electron chi connectivity index (χ0n) is 14.3. The number of ether oxygens (including phenoxy) is 1. The summed E-state index contributed by atoms with van der Waals surface area (Å²) in [4.78, 5) is 25.2. The Morgan fingerprint density at radius 2 is 1.84 bits per heavy atom. The maximum Gasteiger partial charge on any atom is 0.219 e. The van der Waals surface area contributed by atoms with Gasteiger partial charge in [0.05, 0.1) is 5.02 Å². The van der Waals surface area contributed by atoms with Gasteiger partial charge in [-0.1, -0.05) is 51.8 Å². The van der Waals surface area contributed by atoms with Crippen LogP contribution >= 0.6 is 27.5 Å². The van der Waals surface area contributed by atoms with Gasteiger partial charge < -0.3 is 9.64 Å². The maximum atomic E-state index is 12.3. The van der Waals surface area contributed by atoms with Gasteiger partial charge in [0.15, 0.2) is 12.4 Å². The minimum atomic E-state index is -0.134. The fourth-order valence-corrected chi connectivity index (χ4v) is 3.30. The van der Waals surface area contributed by atoms with E-state index in [4.69, 9.17) is 16.3 Å². The first kappa shape index (κ1) is 19.5. The number of nitrogens with zero attached hydrogens (tertiary/aromatic N) is 1. The predicted octanol–water partition coefficient (Wildman–Crippen LogP) is 4.65. The van der Waals surface area contributed by atoms with E-state index in [1.807, 2.05) is 25.1 Å². The Morgan fingerprint density at radius 1 is 1.20 bits per heavy atom. The first-order valence-electron chi connectivity index (χ1n) is 7.70. The van der Waals surface area contributed by atoms with Crippen LogP contribution in [0, 0.1) is 6.92 Å². The summed E-state index contributed by atoms with van der Waals surface area (Å²) in [6, 6.07) is 10.8. The van der Waals surface area contributed by atoms with Gasteiger partial charge >= 0.3 is 0 Å². The first-order chi connectivity index (χ1) is 11.8. The molecule has 0 N–H and O–H groups in total. The highest BCUT2D eigenvalue weighted by Gasteiger charge is 2.12. The number of hydrogen-bond donors (Lipinski definition) is 0. The molecule has 2 rings (SSSR count). The third-order valence-electron chi connectivity index (χ3n) is 3.77.